The van der Waals surface area contributed by atoms with Crippen LogP contribution in [-0.4, -0.2) is 32.6 Å². The van der Waals surface area contributed by atoms with Crippen molar-refractivity contribution in [2.75, 3.05) is 0 Å². The molecule has 0 bridgehead atoms. The van der Waals surface area contributed by atoms with E-state index in [1.54, 1.807) is 0 Å². The van der Waals surface area contributed by atoms with Crippen molar-refractivity contribution < 1.29 is 0 Å². The van der Waals surface area contributed by atoms with Crippen molar-refractivity contribution in [3.8, 4) is 0 Å². The summed E-state index contributed by atoms with van der Waals surface area (Å²) in [5, 5.41) is 2.97. The van der Waals surface area contributed by atoms with E-state index in [9.17, 15) is 0 Å². The van der Waals surface area contributed by atoms with Gasteiger partial charge in [-0.15, -0.1) is 10.6 Å². The summed E-state index contributed by atoms with van der Waals surface area (Å²) >= 11 is 0.755. The quantitative estimate of drug-likeness (QED) is 0.564. The summed E-state index contributed by atoms with van der Waals surface area (Å²) in [6.07, 6.45) is 0. The van der Waals surface area contributed by atoms with Gasteiger partial charge < -0.3 is 0 Å². The van der Waals surface area contributed by atoms with Crippen molar-refractivity contribution in [2.45, 2.75) is 38.3 Å². The molecule has 0 unspecified atom stereocenters. The molecular weight excluding hydrogens is 150 g/mol. The van der Waals surface area contributed by atoms with Gasteiger partial charge in [0.15, 0.2) is 17.4 Å². The van der Waals surface area contributed by atoms with Gasteiger partial charge in [-0.1, -0.05) is 39.5 Å². The number of hydrogen-bond donors (Lipinski definition) is 0. The van der Waals surface area contributed by atoms with E-state index in [1.807, 2.05) is 0 Å². The zero-order chi connectivity index (χ0) is 7.28. The lowest BCUT2D eigenvalue weighted by Crippen LogP contribution is -1.99. The molecule has 0 spiro atoms. The van der Waals surface area contributed by atoms with Crippen molar-refractivity contribution in [3.05, 3.63) is 0 Å². The average Bonchev–Trinajstić information content (AvgIpc) is 1.63. The third-order valence-electron chi connectivity index (χ3n) is 1.28. The van der Waals surface area contributed by atoms with Crippen LogP contribution in [0.3, 0.4) is 0 Å². The largest absolute Gasteiger partial charge is 0.200 e. The predicted molar refractivity (Wildman–Crippen MR) is 55.0 cm³/mol. The summed E-state index contributed by atoms with van der Waals surface area (Å²) in [5.74, 6) is 1.86. The van der Waals surface area contributed by atoms with Crippen LogP contribution in [0, 0.1) is 11.8 Å². The van der Waals surface area contributed by atoms with E-state index in [1.165, 1.54) is 10.6 Å². The zero-order valence-corrected chi connectivity index (χ0v) is 8.30. The predicted octanol–water partition coefficient (Wildman–Crippen LogP) is 1.66. The second-order valence-electron chi connectivity index (χ2n) is 3.55. The lowest BCUT2D eigenvalue weighted by atomic mass is 10.3. The van der Waals surface area contributed by atoms with E-state index >= 15 is 0 Å². The molecule has 0 fully saturated rings. The second kappa shape index (κ2) is 8.16. The minimum Gasteiger partial charge on any atom is -0.102 e. The molecule has 0 rings (SSSR count). The van der Waals surface area contributed by atoms with Crippen LogP contribution >= 0.6 is 0 Å². The van der Waals surface area contributed by atoms with Crippen LogP contribution in [0.5, 0.6) is 0 Å². The van der Waals surface area contributed by atoms with Gasteiger partial charge in [-0.2, -0.15) is 0 Å². The van der Waals surface area contributed by atoms with Crippen LogP contribution in [0.1, 0.15) is 27.7 Å². The van der Waals surface area contributed by atoms with Crippen molar-refractivity contribution in [3.63, 3.8) is 0 Å². The van der Waals surface area contributed by atoms with Gasteiger partial charge in [0, 0.05) is 0 Å². The molecule has 59 valence electrons. The molecule has 0 saturated carbocycles. The van der Waals surface area contributed by atoms with Gasteiger partial charge in [0.05, 0.1) is 0 Å². The highest BCUT2D eigenvalue weighted by Crippen LogP contribution is 2.05. The van der Waals surface area contributed by atoms with Crippen LogP contribution < -0.4 is 0 Å². The maximum Gasteiger partial charge on any atom is 0.200 e. The van der Waals surface area contributed by atoms with Crippen LogP contribution in [0.15, 0.2) is 0 Å². The van der Waals surface area contributed by atoms with Crippen LogP contribution in [0.4, 0.5) is 0 Å². The van der Waals surface area contributed by atoms with Gasteiger partial charge >= 0.3 is 0 Å². The molecule has 0 aliphatic heterocycles. The van der Waals surface area contributed by atoms with E-state index in [4.69, 9.17) is 0 Å². The average molecular weight is 171 g/mol. The smallest absolute Gasteiger partial charge is 0.102 e. The molecule has 0 aromatic heterocycles. The monoisotopic (exact) mass is 171 g/mol. The summed E-state index contributed by atoms with van der Waals surface area (Å²) in [6, 6.07) is 0. The Morgan fingerprint density at radius 2 is 1.20 bits per heavy atom. The molecule has 0 N–H and O–H groups in total. The first-order chi connectivity index (χ1) is 4.13. The van der Waals surface area contributed by atoms with Crippen LogP contribution in [0.25, 0.3) is 0 Å². The molecular formula is C8H21Al2. The highest BCUT2D eigenvalue weighted by atomic mass is 27.1. The lowest BCUT2D eigenvalue weighted by Gasteiger charge is -2.03. The van der Waals surface area contributed by atoms with Crippen molar-refractivity contribution >= 4 is 32.6 Å². The van der Waals surface area contributed by atoms with Crippen molar-refractivity contribution in [1.82, 2.24) is 0 Å². The van der Waals surface area contributed by atoms with Gasteiger partial charge in [-0.25, -0.2) is 0 Å². The minimum absolute atomic E-state index is 0. The molecule has 10 heavy (non-hydrogen) atoms. The third-order valence-corrected chi connectivity index (χ3v) is 3.83. The van der Waals surface area contributed by atoms with Crippen LogP contribution in [0.2, 0.25) is 10.6 Å². The highest BCUT2D eigenvalue weighted by molar-refractivity contribution is 6.35. The molecule has 0 atom stereocenters. The Labute approximate surface area is 82.6 Å². The molecule has 2 heteroatoms. The molecule has 0 aliphatic carbocycles. The van der Waals surface area contributed by atoms with Crippen LogP contribution in [-0.2, 0) is 0 Å². The Kier molecular flexibility index (Phi) is 11.1. The van der Waals surface area contributed by atoms with E-state index < -0.39 is 0 Å². The molecule has 0 aromatic rings. The summed E-state index contributed by atoms with van der Waals surface area (Å²) in [5.41, 5.74) is 0. The Balaban J connectivity index is 0. The fourth-order valence-electron chi connectivity index (χ4n) is 0.763. The van der Waals surface area contributed by atoms with Gasteiger partial charge in [0.25, 0.3) is 0 Å². The molecule has 0 saturated heterocycles. The Hall–Kier alpha value is 1.06. The molecule has 0 nitrogen and oxygen atoms in total. The summed E-state index contributed by atoms with van der Waals surface area (Å²) in [4.78, 5) is 0. The summed E-state index contributed by atoms with van der Waals surface area (Å²) < 4.78 is 0. The Morgan fingerprint density at radius 1 is 0.900 bits per heavy atom. The first-order valence-corrected chi connectivity index (χ1v) is 5.58. The first kappa shape index (κ1) is 13.6. The van der Waals surface area contributed by atoms with E-state index in [-0.39, 0.29) is 17.4 Å². The lowest BCUT2D eigenvalue weighted by molar-refractivity contribution is 0.700. The van der Waals surface area contributed by atoms with Gasteiger partial charge in [0.1, 0.15) is 0 Å². The summed E-state index contributed by atoms with van der Waals surface area (Å²) in [6.45, 7) is 9.25. The summed E-state index contributed by atoms with van der Waals surface area (Å²) in [7, 11) is 0. The van der Waals surface area contributed by atoms with Crippen molar-refractivity contribution in [2.24, 2.45) is 11.8 Å². The Morgan fingerprint density at radius 3 is 1.40 bits per heavy atom. The minimum atomic E-state index is 0. The van der Waals surface area contributed by atoms with Gasteiger partial charge in [0.2, 0.25) is 15.2 Å². The second-order valence-corrected chi connectivity index (χ2v) is 5.07. The highest BCUT2D eigenvalue weighted by Gasteiger charge is 1.98. The fraction of sp³-hybridized carbons (Fsp3) is 1.00. The normalized spacial score (nSPS) is 9.80. The maximum absolute atomic E-state index is 2.31. The fourth-order valence-corrected chi connectivity index (χ4v) is 2.29. The standard InChI is InChI=1S/2C4H9.2Al.3H/c2*1-4(2)3;;;;;/h2*4H,1H2,2-3H3;;;;;. The molecule has 0 aromatic carbocycles. The van der Waals surface area contributed by atoms with E-state index in [2.05, 4.69) is 27.7 Å². The van der Waals surface area contributed by atoms with E-state index in [0.717, 1.165) is 27.1 Å². The molecule has 0 aliphatic rings. The first-order valence-electron chi connectivity index (χ1n) is 3.94. The third kappa shape index (κ3) is 11.8. The number of rotatable bonds is 4. The van der Waals surface area contributed by atoms with Gasteiger partial charge in [-0.05, 0) is 0 Å². The zero-order valence-electron chi connectivity index (χ0n) is 7.15. The number of hydrogen-bond acceptors (Lipinski definition) is 0. The van der Waals surface area contributed by atoms with Gasteiger partial charge in [-0.3, -0.25) is 0 Å². The maximum atomic E-state index is 2.31. The topological polar surface area (TPSA) is 0 Å². The molecule has 0 amide bonds. The van der Waals surface area contributed by atoms with E-state index in [0.29, 0.717) is 0 Å². The molecule has 0 heterocycles. The SMILES string of the molecule is CC(C)[CH2][Al][CH2]C(C)C.[AlH3]. The molecule has 1 radical (unpaired) electrons. The Bertz CT molecular complexity index is 52.3. The van der Waals surface area contributed by atoms with Crippen molar-refractivity contribution in [1.29, 1.82) is 0 Å².